The number of hydrogen-bond donors (Lipinski definition) is 3. The van der Waals surface area contributed by atoms with E-state index in [1.54, 1.807) is 13.1 Å². The first kappa shape index (κ1) is 25.8. The highest BCUT2D eigenvalue weighted by atomic mass is 16.2. The minimum Gasteiger partial charge on any atom is -0.372 e. The van der Waals surface area contributed by atoms with Gasteiger partial charge in [0, 0.05) is 87.6 Å². The zero-order chi connectivity index (χ0) is 25.7. The van der Waals surface area contributed by atoms with Gasteiger partial charge in [-0.05, 0) is 56.9 Å². The molecule has 2 fully saturated rings. The quantitative estimate of drug-likeness (QED) is 0.514. The van der Waals surface area contributed by atoms with E-state index < -0.39 is 0 Å². The Labute approximate surface area is 214 Å². The number of benzene rings is 1. The zero-order valence-corrected chi connectivity index (χ0v) is 21.8. The molecule has 4 rings (SSSR count). The Bertz CT molecular complexity index is 1040. The number of nitrogens with zero attached hydrogens (tertiary/aromatic N) is 5. The Hall–Kier alpha value is -3.33. The number of likely N-dealkylation sites (tertiary alicyclic amines) is 1. The topological polar surface area (TPSA) is 103 Å². The largest absolute Gasteiger partial charge is 0.372 e. The van der Waals surface area contributed by atoms with Crippen LogP contribution in [0.3, 0.4) is 0 Å². The summed E-state index contributed by atoms with van der Waals surface area (Å²) in [5.74, 6) is 1.96. The van der Waals surface area contributed by atoms with Crippen molar-refractivity contribution in [2.75, 3.05) is 61.3 Å². The molecule has 0 aliphatic carbocycles. The van der Waals surface area contributed by atoms with E-state index in [-0.39, 0.29) is 11.9 Å². The van der Waals surface area contributed by atoms with E-state index in [9.17, 15) is 4.79 Å². The summed E-state index contributed by atoms with van der Waals surface area (Å²) >= 11 is 0. The minimum atomic E-state index is -0.175. The minimum absolute atomic E-state index is 0.158. The third-order valence-electron chi connectivity index (χ3n) is 7.23. The second kappa shape index (κ2) is 11.6. The molecule has 9 nitrogen and oxygen atoms in total. The van der Waals surface area contributed by atoms with Crippen molar-refractivity contribution in [3.05, 3.63) is 48.3 Å². The average Bonchev–Trinajstić information content (AvgIpc) is 2.88. The normalized spacial score (nSPS) is 17.6. The lowest BCUT2D eigenvalue weighted by Gasteiger charge is -2.37. The third-order valence-corrected chi connectivity index (χ3v) is 7.23. The van der Waals surface area contributed by atoms with Gasteiger partial charge in [-0.25, -0.2) is 4.98 Å². The lowest BCUT2D eigenvalue weighted by molar-refractivity contribution is -0.130. The molecule has 36 heavy (non-hydrogen) atoms. The maximum absolute atomic E-state index is 11.6. The fourth-order valence-corrected chi connectivity index (χ4v) is 4.85. The highest BCUT2D eigenvalue weighted by molar-refractivity contribution is 5.73. The molecule has 194 valence electrons. The van der Waals surface area contributed by atoms with Crippen LogP contribution in [-0.4, -0.2) is 71.5 Å². The number of hydrogen-bond acceptors (Lipinski definition) is 8. The first-order chi connectivity index (χ1) is 17.3. The summed E-state index contributed by atoms with van der Waals surface area (Å²) in [7, 11) is 0. The van der Waals surface area contributed by atoms with Gasteiger partial charge in [-0.3, -0.25) is 4.79 Å². The second-order valence-corrected chi connectivity index (χ2v) is 10.00. The van der Waals surface area contributed by atoms with Gasteiger partial charge in [0.05, 0.1) is 0 Å². The van der Waals surface area contributed by atoms with E-state index in [1.807, 2.05) is 11.8 Å². The maximum atomic E-state index is 11.6. The lowest BCUT2D eigenvalue weighted by Crippen LogP contribution is -2.45. The standard InChI is InChI=1S/C27H40N8O/c1-19(2)33-13-15-35(16-14-33)24-7-5-23(6-8-24)31-27-30-18-25(20(3)28)26(32-27)29-17-22-9-11-34(12-10-22)21(4)36/h5-8,18,20,22H,1,9-17,28H2,2-4H3,(H2,29,30,31,32). The molecular weight excluding hydrogens is 452 g/mol. The highest BCUT2D eigenvalue weighted by Crippen LogP contribution is 2.25. The number of piperidine rings is 1. The fourth-order valence-electron chi connectivity index (χ4n) is 4.85. The van der Waals surface area contributed by atoms with Gasteiger partial charge in [-0.15, -0.1) is 0 Å². The molecule has 2 aliphatic rings. The summed E-state index contributed by atoms with van der Waals surface area (Å²) in [4.78, 5) is 27.5. The zero-order valence-electron chi connectivity index (χ0n) is 21.8. The molecule has 1 unspecified atom stereocenters. The smallest absolute Gasteiger partial charge is 0.229 e. The van der Waals surface area contributed by atoms with Crippen LogP contribution in [0.25, 0.3) is 0 Å². The first-order valence-corrected chi connectivity index (χ1v) is 12.9. The molecule has 0 saturated carbocycles. The van der Waals surface area contributed by atoms with E-state index in [4.69, 9.17) is 10.7 Å². The number of rotatable bonds is 8. The van der Waals surface area contributed by atoms with Crippen LogP contribution >= 0.6 is 0 Å². The predicted octanol–water partition coefficient (Wildman–Crippen LogP) is 3.57. The van der Waals surface area contributed by atoms with Gasteiger partial charge in [0.15, 0.2) is 0 Å². The Balaban J connectivity index is 1.36. The molecule has 2 aromatic rings. The number of nitrogens with two attached hydrogens (primary N) is 1. The lowest BCUT2D eigenvalue weighted by atomic mass is 9.96. The van der Waals surface area contributed by atoms with Crippen molar-refractivity contribution in [3.63, 3.8) is 0 Å². The monoisotopic (exact) mass is 492 g/mol. The molecule has 3 heterocycles. The van der Waals surface area contributed by atoms with Crippen LogP contribution in [0.15, 0.2) is 42.7 Å². The Morgan fingerprint density at radius 3 is 2.33 bits per heavy atom. The third kappa shape index (κ3) is 6.46. The number of carbonyl (C=O) groups excluding carboxylic acids is 1. The van der Waals surface area contributed by atoms with Crippen LogP contribution in [-0.2, 0) is 4.79 Å². The van der Waals surface area contributed by atoms with Gasteiger partial charge in [0.2, 0.25) is 11.9 Å². The SMILES string of the molecule is C=C(C)N1CCN(c2ccc(Nc3ncc(C(C)N)c(NCC4CCN(C(C)=O)CC4)n3)cc2)CC1. The van der Waals surface area contributed by atoms with E-state index in [0.717, 1.165) is 81.4 Å². The van der Waals surface area contributed by atoms with Crippen LogP contribution in [0.5, 0.6) is 0 Å². The van der Waals surface area contributed by atoms with Crippen molar-refractivity contribution in [2.24, 2.45) is 11.7 Å². The number of amides is 1. The molecule has 1 atom stereocenters. The van der Waals surface area contributed by atoms with Crippen LogP contribution in [0.2, 0.25) is 0 Å². The van der Waals surface area contributed by atoms with Crippen LogP contribution < -0.4 is 21.3 Å². The molecule has 0 bridgehead atoms. The molecule has 9 heteroatoms. The van der Waals surface area contributed by atoms with Crippen molar-refractivity contribution in [1.82, 2.24) is 19.8 Å². The molecule has 2 saturated heterocycles. The highest BCUT2D eigenvalue weighted by Gasteiger charge is 2.21. The van der Waals surface area contributed by atoms with Crippen LogP contribution in [0.1, 0.15) is 45.2 Å². The summed E-state index contributed by atoms with van der Waals surface area (Å²) in [6, 6.07) is 8.24. The van der Waals surface area contributed by atoms with Gasteiger partial charge >= 0.3 is 0 Å². The van der Waals surface area contributed by atoms with Crippen LogP contribution in [0, 0.1) is 5.92 Å². The number of piperazine rings is 1. The number of allylic oxidation sites excluding steroid dienone is 1. The molecule has 1 aromatic heterocycles. The molecular formula is C27H40N8O. The van der Waals surface area contributed by atoms with E-state index >= 15 is 0 Å². The van der Waals surface area contributed by atoms with Gasteiger partial charge in [-0.1, -0.05) is 6.58 Å². The van der Waals surface area contributed by atoms with Gasteiger partial charge in [-0.2, -0.15) is 4.98 Å². The maximum Gasteiger partial charge on any atom is 0.229 e. The molecule has 1 amide bonds. The van der Waals surface area contributed by atoms with Crippen molar-refractivity contribution < 1.29 is 4.79 Å². The average molecular weight is 493 g/mol. The van der Waals surface area contributed by atoms with Gasteiger partial charge in [0.1, 0.15) is 5.82 Å². The Morgan fingerprint density at radius 1 is 1.08 bits per heavy atom. The van der Waals surface area contributed by atoms with Gasteiger partial charge in [0.25, 0.3) is 0 Å². The van der Waals surface area contributed by atoms with Crippen molar-refractivity contribution in [3.8, 4) is 0 Å². The summed E-state index contributed by atoms with van der Waals surface area (Å²) in [6.45, 7) is 16.1. The van der Waals surface area contributed by atoms with Crippen LogP contribution in [0.4, 0.5) is 23.1 Å². The summed E-state index contributed by atoms with van der Waals surface area (Å²) in [5.41, 5.74) is 10.4. The van der Waals surface area contributed by atoms with Crippen molar-refractivity contribution in [1.29, 1.82) is 0 Å². The number of carbonyl (C=O) groups is 1. The van der Waals surface area contributed by atoms with Crippen molar-refractivity contribution >= 4 is 29.0 Å². The second-order valence-electron chi connectivity index (χ2n) is 10.00. The number of aromatic nitrogens is 2. The Kier molecular flexibility index (Phi) is 8.30. The fraction of sp³-hybridized carbons (Fsp3) is 0.519. The first-order valence-electron chi connectivity index (χ1n) is 12.9. The molecule has 4 N–H and O–H groups in total. The number of anilines is 4. The van der Waals surface area contributed by atoms with Gasteiger partial charge < -0.3 is 31.1 Å². The molecule has 1 aromatic carbocycles. The molecule has 0 spiro atoms. The number of nitrogens with one attached hydrogen (secondary N) is 2. The van der Waals surface area contributed by atoms with E-state index in [1.165, 1.54) is 5.69 Å². The Morgan fingerprint density at radius 2 is 1.75 bits per heavy atom. The molecule has 0 radical (unpaired) electrons. The van der Waals surface area contributed by atoms with E-state index in [2.05, 4.69) is 63.2 Å². The van der Waals surface area contributed by atoms with Crippen molar-refractivity contribution in [2.45, 2.75) is 39.7 Å². The predicted molar refractivity (Wildman–Crippen MR) is 146 cm³/mol. The summed E-state index contributed by atoms with van der Waals surface area (Å²) in [6.07, 6.45) is 3.78. The summed E-state index contributed by atoms with van der Waals surface area (Å²) in [5, 5.41) is 6.84. The van der Waals surface area contributed by atoms with E-state index in [0.29, 0.717) is 11.9 Å². The molecule has 2 aliphatic heterocycles. The summed E-state index contributed by atoms with van der Waals surface area (Å²) < 4.78 is 0.